The van der Waals surface area contributed by atoms with Crippen LogP contribution in [-0.2, 0) is 0 Å². The Bertz CT molecular complexity index is 792. The first kappa shape index (κ1) is 15.9. The summed E-state index contributed by atoms with van der Waals surface area (Å²) < 4.78 is 5.36. The molecule has 0 aliphatic rings. The van der Waals surface area contributed by atoms with Gasteiger partial charge in [-0.15, -0.1) is 5.10 Å². The normalized spacial score (nSPS) is 12.1. The van der Waals surface area contributed by atoms with Crippen LogP contribution in [-0.4, -0.2) is 22.3 Å². The molecule has 1 N–H and O–H groups in total. The number of aromatic amines is 1. The van der Waals surface area contributed by atoms with Gasteiger partial charge < -0.3 is 4.74 Å². The van der Waals surface area contributed by atoms with Crippen LogP contribution in [0.15, 0.2) is 53.7 Å². The number of H-pyrrole nitrogens is 1. The number of ether oxygens (including phenoxy) is 1. The van der Waals surface area contributed by atoms with E-state index in [9.17, 15) is 0 Å². The van der Waals surface area contributed by atoms with Gasteiger partial charge in [-0.3, -0.25) is 5.10 Å². The van der Waals surface area contributed by atoms with Crippen molar-refractivity contribution in [3.63, 3.8) is 0 Å². The van der Waals surface area contributed by atoms with Gasteiger partial charge >= 0.3 is 0 Å². The molecule has 1 aromatic heterocycles. The molecule has 1 unspecified atom stereocenters. The largest absolute Gasteiger partial charge is 0.496 e. The van der Waals surface area contributed by atoms with Crippen molar-refractivity contribution in [1.29, 1.82) is 0 Å². The van der Waals surface area contributed by atoms with Gasteiger partial charge in [0.15, 0.2) is 5.82 Å². The third-order valence-electron chi connectivity index (χ3n) is 3.43. The van der Waals surface area contributed by atoms with E-state index in [1.54, 1.807) is 24.9 Å². The van der Waals surface area contributed by atoms with Gasteiger partial charge in [-0.25, -0.2) is 4.98 Å². The highest BCUT2D eigenvalue weighted by molar-refractivity contribution is 7.99. The summed E-state index contributed by atoms with van der Waals surface area (Å²) in [6.45, 7) is 2.13. The Morgan fingerprint density at radius 2 is 1.96 bits per heavy atom. The Labute approximate surface area is 144 Å². The maximum absolute atomic E-state index is 6.07. The number of hydrogen-bond acceptors (Lipinski definition) is 4. The van der Waals surface area contributed by atoms with Crippen molar-refractivity contribution in [1.82, 2.24) is 15.2 Å². The van der Waals surface area contributed by atoms with E-state index in [1.807, 2.05) is 30.3 Å². The van der Waals surface area contributed by atoms with Gasteiger partial charge in [0.05, 0.1) is 12.7 Å². The summed E-state index contributed by atoms with van der Waals surface area (Å²) in [5.74, 6) is 1.35. The number of benzene rings is 2. The van der Waals surface area contributed by atoms with Crippen LogP contribution in [0.25, 0.3) is 11.4 Å². The lowest BCUT2D eigenvalue weighted by molar-refractivity contribution is 0.416. The highest BCUT2D eigenvalue weighted by Gasteiger charge is 2.14. The van der Waals surface area contributed by atoms with Crippen LogP contribution in [0.2, 0.25) is 5.02 Å². The van der Waals surface area contributed by atoms with Crippen molar-refractivity contribution < 1.29 is 4.74 Å². The first-order valence-corrected chi connectivity index (χ1v) is 8.41. The van der Waals surface area contributed by atoms with Gasteiger partial charge in [0.1, 0.15) is 5.75 Å². The van der Waals surface area contributed by atoms with Crippen LogP contribution in [0.4, 0.5) is 0 Å². The lowest BCUT2D eigenvalue weighted by Gasteiger charge is -2.08. The van der Waals surface area contributed by atoms with Crippen LogP contribution in [0, 0.1) is 0 Å². The second-order valence-electron chi connectivity index (χ2n) is 4.98. The van der Waals surface area contributed by atoms with Gasteiger partial charge in [-0.1, -0.05) is 53.7 Å². The van der Waals surface area contributed by atoms with Gasteiger partial charge in [-0.2, -0.15) is 0 Å². The number of halogens is 1. The van der Waals surface area contributed by atoms with Gasteiger partial charge in [0.25, 0.3) is 0 Å². The van der Waals surface area contributed by atoms with Crippen LogP contribution in [0.5, 0.6) is 5.75 Å². The number of rotatable bonds is 5. The van der Waals surface area contributed by atoms with Gasteiger partial charge in [0.2, 0.25) is 5.16 Å². The average Bonchev–Trinajstić information content (AvgIpc) is 3.04. The summed E-state index contributed by atoms with van der Waals surface area (Å²) in [5.41, 5.74) is 2.04. The zero-order valence-corrected chi connectivity index (χ0v) is 14.4. The molecule has 0 bridgehead atoms. The molecule has 0 fully saturated rings. The molecule has 0 saturated heterocycles. The molecule has 1 heterocycles. The Morgan fingerprint density at radius 3 is 2.70 bits per heavy atom. The van der Waals surface area contributed by atoms with Crippen LogP contribution < -0.4 is 4.74 Å². The smallest absolute Gasteiger partial charge is 0.209 e. The molecular formula is C17H16ClN3OS. The van der Waals surface area contributed by atoms with E-state index in [0.717, 1.165) is 5.56 Å². The average molecular weight is 346 g/mol. The van der Waals surface area contributed by atoms with Crippen LogP contribution in [0.1, 0.15) is 17.7 Å². The fraction of sp³-hybridized carbons (Fsp3) is 0.176. The number of nitrogens with zero attached hydrogens (tertiary/aromatic N) is 2. The summed E-state index contributed by atoms with van der Waals surface area (Å²) in [6.07, 6.45) is 0. The second-order valence-corrected chi connectivity index (χ2v) is 6.73. The van der Waals surface area contributed by atoms with E-state index in [1.165, 1.54) is 5.56 Å². The molecule has 6 heteroatoms. The number of nitrogens with one attached hydrogen (secondary N) is 1. The molecule has 3 rings (SSSR count). The van der Waals surface area contributed by atoms with E-state index in [2.05, 4.69) is 34.2 Å². The predicted molar refractivity (Wildman–Crippen MR) is 94.1 cm³/mol. The summed E-state index contributed by atoms with van der Waals surface area (Å²) in [5, 5.41) is 8.84. The number of hydrogen-bond donors (Lipinski definition) is 1. The zero-order chi connectivity index (χ0) is 16.2. The SMILES string of the molecule is COc1ccc(Cl)cc1-c1nc(SC(C)c2ccccc2)n[nH]1. The van der Waals surface area contributed by atoms with Crippen molar-refractivity contribution in [3.8, 4) is 17.1 Å². The summed E-state index contributed by atoms with van der Waals surface area (Å²) in [6, 6.07) is 15.7. The van der Waals surface area contributed by atoms with Crippen LogP contribution in [0.3, 0.4) is 0 Å². The molecule has 3 aromatic rings. The maximum atomic E-state index is 6.07. The van der Waals surface area contributed by atoms with Gasteiger partial charge in [0, 0.05) is 10.3 Å². The zero-order valence-electron chi connectivity index (χ0n) is 12.8. The number of methoxy groups -OCH3 is 1. The molecule has 2 aromatic carbocycles. The first-order valence-electron chi connectivity index (χ1n) is 7.15. The molecule has 0 aliphatic carbocycles. The Morgan fingerprint density at radius 1 is 1.17 bits per heavy atom. The van der Waals surface area contributed by atoms with Crippen molar-refractivity contribution >= 4 is 23.4 Å². The Kier molecular flexibility index (Phi) is 4.88. The highest BCUT2D eigenvalue weighted by Crippen LogP contribution is 2.35. The minimum atomic E-state index is 0.265. The summed E-state index contributed by atoms with van der Waals surface area (Å²) >= 11 is 7.67. The molecule has 4 nitrogen and oxygen atoms in total. The first-order chi connectivity index (χ1) is 11.2. The monoisotopic (exact) mass is 345 g/mol. The lowest BCUT2D eigenvalue weighted by Crippen LogP contribution is -1.90. The Balaban J connectivity index is 1.82. The molecular weight excluding hydrogens is 330 g/mol. The predicted octanol–water partition coefficient (Wildman–Crippen LogP) is 4.99. The topological polar surface area (TPSA) is 50.8 Å². The minimum Gasteiger partial charge on any atom is -0.496 e. The third-order valence-corrected chi connectivity index (χ3v) is 4.69. The van der Waals surface area contributed by atoms with E-state index in [-0.39, 0.29) is 5.25 Å². The fourth-order valence-electron chi connectivity index (χ4n) is 2.24. The van der Waals surface area contributed by atoms with Crippen LogP contribution >= 0.6 is 23.4 Å². The standard InChI is InChI=1S/C17H16ClN3OS/c1-11(12-6-4-3-5-7-12)23-17-19-16(20-21-17)14-10-13(18)8-9-15(14)22-2/h3-11H,1-2H3,(H,19,20,21). The molecule has 23 heavy (non-hydrogen) atoms. The fourth-order valence-corrected chi connectivity index (χ4v) is 3.26. The molecule has 0 amide bonds. The highest BCUT2D eigenvalue weighted by atomic mass is 35.5. The quantitative estimate of drug-likeness (QED) is 0.662. The van der Waals surface area contributed by atoms with Crippen molar-refractivity contribution in [2.75, 3.05) is 7.11 Å². The third kappa shape index (κ3) is 3.68. The molecule has 118 valence electrons. The number of thioether (sulfide) groups is 1. The van der Waals surface area contributed by atoms with Crippen molar-refractivity contribution in [3.05, 3.63) is 59.1 Å². The minimum absolute atomic E-state index is 0.265. The van der Waals surface area contributed by atoms with E-state index in [4.69, 9.17) is 16.3 Å². The molecule has 0 aliphatic heterocycles. The number of aromatic nitrogens is 3. The van der Waals surface area contributed by atoms with E-state index < -0.39 is 0 Å². The van der Waals surface area contributed by atoms with Crippen molar-refractivity contribution in [2.24, 2.45) is 0 Å². The summed E-state index contributed by atoms with van der Waals surface area (Å²) in [7, 11) is 1.62. The molecule has 0 spiro atoms. The van der Waals surface area contributed by atoms with E-state index in [0.29, 0.717) is 21.8 Å². The maximum Gasteiger partial charge on any atom is 0.209 e. The Hall–Kier alpha value is -1.98. The summed E-state index contributed by atoms with van der Waals surface area (Å²) in [4.78, 5) is 4.55. The molecule has 0 saturated carbocycles. The molecule has 0 radical (unpaired) electrons. The van der Waals surface area contributed by atoms with E-state index >= 15 is 0 Å². The molecule has 1 atom stereocenters. The van der Waals surface area contributed by atoms with Gasteiger partial charge in [-0.05, 0) is 30.7 Å². The lowest BCUT2D eigenvalue weighted by atomic mass is 10.2. The van der Waals surface area contributed by atoms with Crippen molar-refractivity contribution in [2.45, 2.75) is 17.3 Å². The second kappa shape index (κ2) is 7.06.